The SMILES string of the molecule is CC(C)C(N)C(=O)N1CCN(Cc2ccc(Cl)c(Cl)c2)CC1. The quantitative estimate of drug-likeness (QED) is 0.914. The molecule has 1 aliphatic rings. The molecule has 6 heteroatoms. The molecule has 1 saturated heterocycles. The highest BCUT2D eigenvalue weighted by Crippen LogP contribution is 2.23. The third kappa shape index (κ3) is 4.35. The van der Waals surface area contributed by atoms with E-state index < -0.39 is 6.04 Å². The average Bonchev–Trinajstić information content (AvgIpc) is 2.50. The second-order valence-electron chi connectivity index (χ2n) is 6.12. The van der Waals surface area contributed by atoms with Gasteiger partial charge in [-0.05, 0) is 23.6 Å². The molecule has 1 aromatic carbocycles. The van der Waals surface area contributed by atoms with Crippen molar-refractivity contribution in [1.82, 2.24) is 9.80 Å². The molecule has 1 unspecified atom stereocenters. The molecule has 1 heterocycles. The van der Waals surface area contributed by atoms with Gasteiger partial charge in [0.2, 0.25) is 5.91 Å². The Bertz CT molecular complexity index is 528. The van der Waals surface area contributed by atoms with Crippen LogP contribution in [0.5, 0.6) is 0 Å². The second-order valence-corrected chi connectivity index (χ2v) is 6.93. The number of piperazine rings is 1. The Morgan fingerprint density at radius 2 is 1.82 bits per heavy atom. The van der Waals surface area contributed by atoms with Crippen molar-refractivity contribution >= 4 is 29.1 Å². The van der Waals surface area contributed by atoms with E-state index in [0.29, 0.717) is 10.0 Å². The van der Waals surface area contributed by atoms with Crippen LogP contribution in [0, 0.1) is 5.92 Å². The fourth-order valence-electron chi connectivity index (χ4n) is 2.52. The van der Waals surface area contributed by atoms with Crippen molar-refractivity contribution < 1.29 is 4.79 Å². The first-order chi connectivity index (χ1) is 10.4. The largest absolute Gasteiger partial charge is 0.339 e. The van der Waals surface area contributed by atoms with Gasteiger partial charge in [0.05, 0.1) is 16.1 Å². The molecule has 1 fully saturated rings. The third-order valence-electron chi connectivity index (χ3n) is 4.08. The zero-order chi connectivity index (χ0) is 16.3. The minimum atomic E-state index is -0.401. The van der Waals surface area contributed by atoms with Crippen molar-refractivity contribution in [3.05, 3.63) is 33.8 Å². The van der Waals surface area contributed by atoms with Crippen LogP contribution in [0.3, 0.4) is 0 Å². The van der Waals surface area contributed by atoms with Crippen molar-refractivity contribution in [2.75, 3.05) is 26.2 Å². The lowest BCUT2D eigenvalue weighted by Crippen LogP contribution is -2.54. The average molecular weight is 344 g/mol. The Kier molecular flexibility index (Phi) is 6.09. The summed E-state index contributed by atoms with van der Waals surface area (Å²) in [5.41, 5.74) is 7.08. The Balaban J connectivity index is 1.87. The van der Waals surface area contributed by atoms with E-state index in [1.54, 1.807) is 0 Å². The molecular weight excluding hydrogens is 321 g/mol. The number of halogens is 2. The van der Waals surface area contributed by atoms with E-state index in [1.807, 2.05) is 36.9 Å². The summed E-state index contributed by atoms with van der Waals surface area (Å²) in [6.45, 7) is 7.90. The van der Waals surface area contributed by atoms with Crippen molar-refractivity contribution in [1.29, 1.82) is 0 Å². The summed E-state index contributed by atoms with van der Waals surface area (Å²) in [5, 5.41) is 1.15. The molecule has 22 heavy (non-hydrogen) atoms. The molecule has 2 rings (SSSR count). The van der Waals surface area contributed by atoms with Crippen molar-refractivity contribution in [3.8, 4) is 0 Å². The molecule has 1 aliphatic heterocycles. The fraction of sp³-hybridized carbons (Fsp3) is 0.562. The standard InChI is InChI=1S/C16H23Cl2N3O/c1-11(2)15(19)16(22)21-7-5-20(6-8-21)10-12-3-4-13(17)14(18)9-12/h3-4,9,11,15H,5-8,10,19H2,1-2H3. The fourth-order valence-corrected chi connectivity index (χ4v) is 2.84. The first-order valence-corrected chi connectivity index (χ1v) is 8.34. The van der Waals surface area contributed by atoms with Crippen LogP contribution in [-0.4, -0.2) is 47.9 Å². The Labute approximate surface area is 142 Å². The van der Waals surface area contributed by atoms with Gasteiger partial charge in [0.15, 0.2) is 0 Å². The van der Waals surface area contributed by atoms with Gasteiger partial charge in [-0.25, -0.2) is 0 Å². The first kappa shape index (κ1) is 17.5. The smallest absolute Gasteiger partial charge is 0.239 e. The van der Waals surface area contributed by atoms with Gasteiger partial charge in [-0.2, -0.15) is 0 Å². The van der Waals surface area contributed by atoms with Crippen molar-refractivity contribution in [3.63, 3.8) is 0 Å². The maximum atomic E-state index is 12.2. The zero-order valence-electron chi connectivity index (χ0n) is 13.1. The number of amides is 1. The lowest BCUT2D eigenvalue weighted by Gasteiger charge is -2.36. The molecule has 1 aromatic rings. The molecule has 2 N–H and O–H groups in total. The summed E-state index contributed by atoms with van der Waals surface area (Å²) in [7, 11) is 0. The Morgan fingerprint density at radius 1 is 1.18 bits per heavy atom. The van der Waals surface area contributed by atoms with E-state index in [9.17, 15) is 4.79 Å². The molecule has 0 spiro atoms. The number of benzene rings is 1. The van der Waals surface area contributed by atoms with Crippen molar-refractivity contribution in [2.24, 2.45) is 11.7 Å². The van der Waals surface area contributed by atoms with E-state index in [4.69, 9.17) is 28.9 Å². The van der Waals surface area contributed by atoms with Gasteiger partial charge < -0.3 is 10.6 Å². The summed E-state index contributed by atoms with van der Waals surface area (Å²) in [5.74, 6) is 0.228. The maximum Gasteiger partial charge on any atom is 0.239 e. The third-order valence-corrected chi connectivity index (χ3v) is 4.82. The molecule has 0 aliphatic carbocycles. The number of carbonyl (C=O) groups excluding carboxylic acids is 1. The van der Waals surface area contributed by atoms with Crippen LogP contribution in [0.25, 0.3) is 0 Å². The van der Waals surface area contributed by atoms with Crippen LogP contribution < -0.4 is 5.73 Å². The van der Waals surface area contributed by atoms with Gasteiger partial charge in [-0.15, -0.1) is 0 Å². The molecule has 0 radical (unpaired) electrons. The van der Waals surface area contributed by atoms with Gasteiger partial charge in [0.1, 0.15) is 0 Å². The maximum absolute atomic E-state index is 12.2. The predicted octanol–water partition coefficient (Wildman–Crippen LogP) is 2.62. The first-order valence-electron chi connectivity index (χ1n) is 7.59. The molecule has 0 aromatic heterocycles. The summed E-state index contributed by atoms with van der Waals surface area (Å²) in [6.07, 6.45) is 0. The molecule has 0 saturated carbocycles. The Hall–Kier alpha value is -0.810. The molecule has 1 amide bonds. The van der Waals surface area contributed by atoms with E-state index >= 15 is 0 Å². The molecule has 0 bridgehead atoms. The van der Waals surface area contributed by atoms with Gasteiger partial charge in [0.25, 0.3) is 0 Å². The summed E-state index contributed by atoms with van der Waals surface area (Å²) in [4.78, 5) is 16.4. The zero-order valence-corrected chi connectivity index (χ0v) is 14.6. The molecule has 1 atom stereocenters. The van der Waals surface area contributed by atoms with E-state index in [0.717, 1.165) is 38.3 Å². The normalized spacial score (nSPS) is 17.8. The lowest BCUT2D eigenvalue weighted by molar-refractivity contribution is -0.135. The highest BCUT2D eigenvalue weighted by Gasteiger charge is 2.26. The number of carbonyl (C=O) groups is 1. The number of hydrogen-bond donors (Lipinski definition) is 1. The van der Waals surface area contributed by atoms with Crippen LogP contribution in [0.15, 0.2) is 18.2 Å². The van der Waals surface area contributed by atoms with Gasteiger partial charge >= 0.3 is 0 Å². The van der Waals surface area contributed by atoms with Gasteiger partial charge in [-0.1, -0.05) is 43.1 Å². The van der Waals surface area contributed by atoms with Crippen LogP contribution in [0.1, 0.15) is 19.4 Å². The minimum Gasteiger partial charge on any atom is -0.339 e. The molecular formula is C16H23Cl2N3O. The topological polar surface area (TPSA) is 49.6 Å². The number of nitrogens with zero attached hydrogens (tertiary/aromatic N) is 2. The summed E-state index contributed by atoms with van der Waals surface area (Å²) in [6, 6.07) is 5.30. The number of hydrogen-bond acceptors (Lipinski definition) is 3. The molecule has 122 valence electrons. The number of nitrogens with two attached hydrogens (primary N) is 1. The second kappa shape index (κ2) is 7.64. The monoisotopic (exact) mass is 343 g/mol. The van der Waals surface area contributed by atoms with E-state index in [1.165, 1.54) is 0 Å². The lowest BCUT2D eigenvalue weighted by atomic mass is 10.0. The number of rotatable bonds is 4. The van der Waals surface area contributed by atoms with Crippen molar-refractivity contribution in [2.45, 2.75) is 26.4 Å². The van der Waals surface area contributed by atoms with Crippen LogP contribution in [-0.2, 0) is 11.3 Å². The van der Waals surface area contributed by atoms with Crippen LogP contribution in [0.2, 0.25) is 10.0 Å². The summed E-state index contributed by atoms with van der Waals surface area (Å²) >= 11 is 12.0. The predicted molar refractivity (Wildman–Crippen MR) is 91.1 cm³/mol. The van der Waals surface area contributed by atoms with E-state index in [-0.39, 0.29) is 11.8 Å². The highest BCUT2D eigenvalue weighted by atomic mass is 35.5. The van der Waals surface area contributed by atoms with Crippen LogP contribution in [0.4, 0.5) is 0 Å². The van der Waals surface area contributed by atoms with Crippen LogP contribution >= 0.6 is 23.2 Å². The summed E-state index contributed by atoms with van der Waals surface area (Å²) < 4.78 is 0. The highest BCUT2D eigenvalue weighted by molar-refractivity contribution is 6.42. The van der Waals surface area contributed by atoms with Gasteiger partial charge in [0, 0.05) is 32.7 Å². The van der Waals surface area contributed by atoms with Gasteiger partial charge in [-0.3, -0.25) is 9.69 Å². The minimum absolute atomic E-state index is 0.0594. The van der Waals surface area contributed by atoms with E-state index in [2.05, 4.69) is 4.90 Å². The Morgan fingerprint density at radius 3 is 2.36 bits per heavy atom. The molecule has 4 nitrogen and oxygen atoms in total.